The van der Waals surface area contributed by atoms with Gasteiger partial charge in [-0.05, 0) is 145 Å². The largest absolute Gasteiger partial charge is 0.493 e. The van der Waals surface area contributed by atoms with Crippen molar-refractivity contribution in [1.82, 2.24) is 0 Å². The monoisotopic (exact) mass is 1020 g/mol. The summed E-state index contributed by atoms with van der Waals surface area (Å²) in [6.45, 7) is 13.3. The lowest BCUT2D eigenvalue weighted by atomic mass is 9.86. The zero-order valence-electron chi connectivity index (χ0n) is 44.5. The lowest BCUT2D eigenvalue weighted by Crippen LogP contribution is -2.16. The second-order valence-corrected chi connectivity index (χ2v) is 19.0. The van der Waals surface area contributed by atoms with Gasteiger partial charge in [0.1, 0.15) is 36.2 Å². The average Bonchev–Trinajstić information content (AvgIpc) is 3.38. The molecule has 0 heterocycles. The van der Waals surface area contributed by atoms with Crippen LogP contribution in [0.1, 0.15) is 210 Å². The smallest absolute Gasteiger partial charge is 0.333 e. The number of unbranched alkanes of at least 4 members (excludes halogenated alkanes) is 3. The van der Waals surface area contributed by atoms with Crippen molar-refractivity contribution in [3.8, 4) is 41.2 Å². The van der Waals surface area contributed by atoms with Crippen molar-refractivity contribution in [2.24, 2.45) is 0 Å². The van der Waals surface area contributed by atoms with E-state index in [1.165, 1.54) is 0 Å². The molecule has 0 unspecified atom stereocenters. The molecule has 0 saturated carbocycles. The van der Waals surface area contributed by atoms with Gasteiger partial charge < -0.3 is 23.7 Å². The Bertz CT molecular complexity index is 2720. The van der Waals surface area contributed by atoms with E-state index in [0.29, 0.717) is 135 Å². The fourth-order valence-corrected chi connectivity index (χ4v) is 9.14. The molecule has 1 aliphatic rings. The molecule has 0 fully saturated rings. The van der Waals surface area contributed by atoms with Crippen LogP contribution >= 0.6 is 0 Å². The molecular formula is C62H71N3O10. The van der Waals surface area contributed by atoms with Gasteiger partial charge in [-0.3, -0.25) is 19.2 Å². The Balaban J connectivity index is 2.00. The molecule has 8 bridgehead atoms. The van der Waals surface area contributed by atoms with Gasteiger partial charge in [0.15, 0.2) is 23.1 Å². The van der Waals surface area contributed by atoms with Gasteiger partial charge >= 0.3 is 5.97 Å². The van der Waals surface area contributed by atoms with E-state index in [0.717, 1.165) is 0 Å². The van der Waals surface area contributed by atoms with Gasteiger partial charge in [0.05, 0.1) is 38.0 Å². The molecule has 5 rings (SSSR count). The lowest BCUT2D eigenvalue weighted by Gasteiger charge is -2.24. The molecule has 0 aliphatic heterocycles. The van der Waals surface area contributed by atoms with E-state index in [9.17, 15) is 39.8 Å². The van der Waals surface area contributed by atoms with E-state index in [4.69, 9.17) is 23.7 Å². The SMILES string of the molecule is C=C(C)C(=O)OCCOc1c2cc(C(=O)CCC)cc1Cc1cc(C(=O)CCC)cc(c1OCCCC#N)Cc1cc(C(=O)CCC)cc(c1OCCCC#N)Cc1cc(C(=O)CCC)cc(c1OCCCC#N)C2. The second-order valence-electron chi connectivity index (χ2n) is 19.0. The first kappa shape index (κ1) is 58.3. The minimum atomic E-state index is -0.582. The number of esters is 1. The molecule has 0 saturated heterocycles. The number of ketones is 4. The Morgan fingerprint density at radius 1 is 0.427 bits per heavy atom. The fourth-order valence-electron chi connectivity index (χ4n) is 9.14. The van der Waals surface area contributed by atoms with E-state index in [2.05, 4.69) is 24.8 Å². The summed E-state index contributed by atoms with van der Waals surface area (Å²) in [5.41, 5.74) is 6.81. The van der Waals surface area contributed by atoms with E-state index >= 15 is 0 Å². The second kappa shape index (κ2) is 30.0. The number of fused-ring (bicyclic) bond motifs is 8. The number of benzene rings is 4. The van der Waals surface area contributed by atoms with Crippen LogP contribution in [0.4, 0.5) is 0 Å². The number of nitriles is 3. The molecule has 394 valence electrons. The Hall–Kier alpha value is -7.56. The number of Topliss-reactive ketones (excluding diaryl/α,β-unsaturated/α-hetero) is 4. The van der Waals surface area contributed by atoms with Crippen LogP contribution in [0.25, 0.3) is 0 Å². The van der Waals surface area contributed by atoms with E-state index in [-0.39, 0.29) is 132 Å². The van der Waals surface area contributed by atoms with Crippen LogP contribution in [0.2, 0.25) is 0 Å². The van der Waals surface area contributed by atoms with Gasteiger partial charge in [0.2, 0.25) is 0 Å². The maximum absolute atomic E-state index is 14.2. The molecular weight excluding hydrogens is 947 g/mol. The topological polar surface area (TPSA) is 203 Å². The summed E-state index contributed by atoms with van der Waals surface area (Å²) in [6, 6.07) is 21.1. The van der Waals surface area contributed by atoms with Crippen LogP contribution in [0, 0.1) is 34.0 Å². The van der Waals surface area contributed by atoms with E-state index in [1.807, 2.05) is 64.1 Å². The average molecular weight is 1020 g/mol. The first-order valence-corrected chi connectivity index (χ1v) is 26.5. The Labute approximate surface area is 442 Å². The molecule has 0 amide bonds. The summed E-state index contributed by atoms with van der Waals surface area (Å²) in [4.78, 5) is 69.2. The normalized spacial score (nSPS) is 11.5. The molecule has 0 aromatic heterocycles. The Kier molecular flexibility index (Phi) is 23.3. The standard InChI is InChI=1S/C62H71N3O10/c1-7-17-54(66)42-29-46-37-48-31-43(55(67)18-8-2)33-50(59(48)72-25-15-12-22-64)39-52-35-45(57(69)20-10-4)36-53(61(52)74-27-28-75-62(70)41(5)6)40-51-34-44(56(68)19-9-3)32-49(60(51)73-26-16-13-23-65)38-47(30-42)58(46)71-24-14-11-21-63/h29-36H,5,7-20,24-28,37-40H2,1-4,6H3. The zero-order valence-corrected chi connectivity index (χ0v) is 44.5. The van der Waals surface area contributed by atoms with Crippen molar-refractivity contribution in [3.63, 3.8) is 0 Å². The van der Waals surface area contributed by atoms with Crippen LogP contribution < -0.4 is 18.9 Å². The summed E-state index contributed by atoms with van der Waals surface area (Å²) in [5.74, 6) is 0.830. The molecule has 1 aliphatic carbocycles. The third-order valence-corrected chi connectivity index (χ3v) is 12.6. The number of rotatable bonds is 29. The molecule has 75 heavy (non-hydrogen) atoms. The summed E-state index contributed by atoms with van der Waals surface area (Å²) < 4.78 is 32.4. The summed E-state index contributed by atoms with van der Waals surface area (Å²) in [6.07, 6.45) is 5.82. The van der Waals surface area contributed by atoms with E-state index < -0.39 is 5.97 Å². The maximum atomic E-state index is 14.2. The number of hydrogen-bond donors (Lipinski definition) is 0. The van der Waals surface area contributed by atoms with Crippen molar-refractivity contribution in [2.45, 2.75) is 150 Å². The van der Waals surface area contributed by atoms with Gasteiger partial charge in [-0.1, -0.05) is 34.3 Å². The maximum Gasteiger partial charge on any atom is 0.333 e. The van der Waals surface area contributed by atoms with Crippen molar-refractivity contribution < 1.29 is 47.7 Å². The molecule has 0 N–H and O–H groups in total. The first-order valence-electron chi connectivity index (χ1n) is 26.5. The molecule has 4 aromatic carbocycles. The van der Waals surface area contributed by atoms with Gasteiger partial charge in [0.25, 0.3) is 0 Å². The quantitative estimate of drug-likeness (QED) is 0.0190. The van der Waals surface area contributed by atoms with Crippen molar-refractivity contribution in [3.05, 3.63) is 127 Å². The predicted octanol–water partition coefficient (Wildman–Crippen LogP) is 12.8. The first-order chi connectivity index (χ1) is 36.3. The van der Waals surface area contributed by atoms with Gasteiger partial charge in [-0.25, -0.2) is 4.79 Å². The predicted molar refractivity (Wildman–Crippen MR) is 286 cm³/mol. The van der Waals surface area contributed by atoms with Crippen molar-refractivity contribution >= 4 is 29.1 Å². The molecule has 0 radical (unpaired) electrons. The highest BCUT2D eigenvalue weighted by atomic mass is 16.6. The highest BCUT2D eigenvalue weighted by Crippen LogP contribution is 2.42. The Morgan fingerprint density at radius 2 is 0.667 bits per heavy atom. The van der Waals surface area contributed by atoms with Crippen molar-refractivity contribution in [2.75, 3.05) is 33.0 Å². The number of carbonyl (C=O) groups is 5. The third-order valence-electron chi connectivity index (χ3n) is 12.6. The highest BCUT2D eigenvalue weighted by Gasteiger charge is 2.27. The van der Waals surface area contributed by atoms with Crippen LogP contribution in [-0.4, -0.2) is 62.1 Å². The molecule has 4 aromatic rings. The van der Waals surface area contributed by atoms with E-state index in [1.54, 1.807) is 19.1 Å². The number of nitrogens with zero attached hydrogens (tertiary/aromatic N) is 3. The summed E-state index contributed by atoms with van der Waals surface area (Å²) in [7, 11) is 0. The van der Waals surface area contributed by atoms with Crippen LogP contribution in [0.15, 0.2) is 60.7 Å². The number of hydrogen-bond acceptors (Lipinski definition) is 13. The van der Waals surface area contributed by atoms with Gasteiger partial charge in [0, 0.05) is 98.5 Å². The molecule has 13 heteroatoms. The minimum Gasteiger partial charge on any atom is -0.493 e. The highest BCUT2D eigenvalue weighted by molar-refractivity contribution is 5.99. The lowest BCUT2D eigenvalue weighted by molar-refractivity contribution is -0.139. The number of ether oxygens (including phenoxy) is 5. The molecule has 0 atom stereocenters. The third kappa shape index (κ3) is 16.5. The number of carbonyl (C=O) groups excluding carboxylic acids is 5. The molecule has 0 spiro atoms. The summed E-state index contributed by atoms with van der Waals surface area (Å²) >= 11 is 0. The van der Waals surface area contributed by atoms with Crippen molar-refractivity contribution in [1.29, 1.82) is 15.8 Å². The fraction of sp³-hybridized carbons (Fsp3) is 0.452. The van der Waals surface area contributed by atoms with Gasteiger partial charge in [-0.2, -0.15) is 15.8 Å². The zero-order chi connectivity index (χ0) is 54.3. The molecule has 13 nitrogen and oxygen atoms in total. The van der Waals surface area contributed by atoms with Crippen LogP contribution in [0.5, 0.6) is 23.0 Å². The van der Waals surface area contributed by atoms with Crippen LogP contribution in [-0.2, 0) is 35.2 Å². The van der Waals surface area contributed by atoms with Crippen LogP contribution in [0.3, 0.4) is 0 Å². The minimum absolute atomic E-state index is 0.0816. The summed E-state index contributed by atoms with van der Waals surface area (Å²) in [5, 5.41) is 28.6. The Morgan fingerprint density at radius 3 is 0.880 bits per heavy atom. The van der Waals surface area contributed by atoms with Gasteiger partial charge in [-0.15, -0.1) is 0 Å².